The zero-order valence-electron chi connectivity index (χ0n) is 24.1. The molecule has 42 heavy (non-hydrogen) atoms. The van der Waals surface area contributed by atoms with Gasteiger partial charge >= 0.3 is 29.8 Å². The lowest BCUT2D eigenvalue weighted by molar-refractivity contribution is -0.273. The summed E-state index contributed by atoms with van der Waals surface area (Å²) in [5.41, 5.74) is -5.66. The van der Waals surface area contributed by atoms with Crippen molar-refractivity contribution in [3.8, 4) is 0 Å². The van der Waals surface area contributed by atoms with Gasteiger partial charge in [0.25, 0.3) is 0 Å². The van der Waals surface area contributed by atoms with Gasteiger partial charge in [0.1, 0.15) is 36.6 Å². The van der Waals surface area contributed by atoms with Crippen LogP contribution in [0.25, 0.3) is 0 Å². The fourth-order valence-corrected chi connectivity index (χ4v) is 6.62. The van der Waals surface area contributed by atoms with Crippen LogP contribution in [-0.4, -0.2) is 106 Å². The zero-order chi connectivity index (χ0) is 31.4. The third-order valence-corrected chi connectivity index (χ3v) is 8.73. The molecule has 0 aromatic rings. The van der Waals surface area contributed by atoms with Gasteiger partial charge in [-0.05, 0) is 24.6 Å². The van der Waals surface area contributed by atoms with Crippen LogP contribution < -0.4 is 0 Å². The third kappa shape index (κ3) is 5.10. The quantitative estimate of drug-likeness (QED) is 0.203. The molecule has 2 saturated heterocycles. The SMILES string of the molecule is CC(=O)OCC1=C/[C@@H]2OC(=O)[C@H](C)[C@@]2(O)[C@@H](OC(C)=O)[C@H]2[C@@]3(CO3)[C@H](O)[C@H](OC(C)=O)[C@H](O)[C@]2(C)[C@@H](OC(C)=O)/C=C\1. The average Bonchev–Trinajstić information content (AvgIpc) is 3.65. The number of esters is 5. The monoisotopic (exact) mass is 596 g/mol. The number of ether oxygens (including phenoxy) is 6. The Morgan fingerprint density at radius 2 is 1.57 bits per heavy atom. The predicted octanol–water partition coefficient (Wildman–Crippen LogP) is -0.740. The molecule has 0 radical (unpaired) electrons. The van der Waals surface area contributed by atoms with Crippen LogP contribution in [-0.2, 0) is 52.4 Å². The highest BCUT2D eigenvalue weighted by Crippen LogP contribution is 2.61. The summed E-state index contributed by atoms with van der Waals surface area (Å²) < 4.78 is 33.2. The molecule has 2 heterocycles. The van der Waals surface area contributed by atoms with E-state index in [-0.39, 0.29) is 18.8 Å². The van der Waals surface area contributed by atoms with E-state index in [2.05, 4.69) is 0 Å². The van der Waals surface area contributed by atoms with E-state index >= 15 is 0 Å². The first-order chi connectivity index (χ1) is 19.5. The molecule has 0 aromatic carbocycles. The number of aliphatic hydroxyl groups excluding tert-OH is 2. The molecule has 1 spiro atoms. The minimum absolute atomic E-state index is 0.190. The Hall–Kier alpha value is -3.33. The standard InChI is InChI=1S/C28H36O14/c1-12-25(35)42-19-9-17(10-37-13(2)29)7-8-18(39-14(3)30)26(6)21(24(28(12,19)36)41-16(5)32)27(11-38-27)23(34)20(22(26)33)40-15(4)31/h7-9,12,18-24,33-34,36H,10-11H2,1-6H3/b8-7-,17-9+/t12-,18-,19-,20+,21+,22-,23+,24-,26+,27-,28-/m0/s1. The van der Waals surface area contributed by atoms with Gasteiger partial charge in [0, 0.05) is 39.0 Å². The Morgan fingerprint density at radius 3 is 2.10 bits per heavy atom. The van der Waals surface area contributed by atoms with Crippen molar-refractivity contribution >= 4 is 29.8 Å². The maximum atomic E-state index is 13.0. The van der Waals surface area contributed by atoms with Crippen molar-refractivity contribution in [2.45, 2.75) is 89.4 Å². The molecule has 232 valence electrons. The second-order valence-corrected chi connectivity index (χ2v) is 11.5. The Bertz CT molecular complexity index is 1220. The summed E-state index contributed by atoms with van der Waals surface area (Å²) in [6.07, 6.45) is -5.59. The lowest BCUT2D eigenvalue weighted by Crippen LogP contribution is -2.75. The topological polar surface area (TPSA) is 205 Å². The van der Waals surface area contributed by atoms with Crippen LogP contribution in [0.5, 0.6) is 0 Å². The van der Waals surface area contributed by atoms with E-state index in [1.54, 1.807) is 0 Å². The lowest BCUT2D eigenvalue weighted by Gasteiger charge is -2.58. The molecule has 3 fully saturated rings. The number of aliphatic hydroxyl groups is 3. The van der Waals surface area contributed by atoms with E-state index in [1.807, 2.05) is 0 Å². The van der Waals surface area contributed by atoms with E-state index in [0.29, 0.717) is 0 Å². The van der Waals surface area contributed by atoms with Crippen LogP contribution >= 0.6 is 0 Å². The summed E-state index contributed by atoms with van der Waals surface area (Å²) in [5.74, 6) is -6.69. The smallest absolute Gasteiger partial charge is 0.312 e. The van der Waals surface area contributed by atoms with Crippen molar-refractivity contribution in [3.63, 3.8) is 0 Å². The molecule has 14 heteroatoms. The fraction of sp³-hybridized carbons (Fsp3) is 0.679. The Labute approximate surface area is 241 Å². The number of hydrogen-bond donors (Lipinski definition) is 3. The van der Waals surface area contributed by atoms with Crippen LogP contribution in [0.2, 0.25) is 0 Å². The Morgan fingerprint density at radius 1 is 0.976 bits per heavy atom. The average molecular weight is 597 g/mol. The van der Waals surface area contributed by atoms with Gasteiger partial charge in [-0.25, -0.2) is 0 Å². The minimum Gasteiger partial charge on any atom is -0.461 e. The summed E-state index contributed by atoms with van der Waals surface area (Å²) in [6.45, 7) is 6.71. The lowest BCUT2D eigenvalue weighted by atomic mass is 9.51. The van der Waals surface area contributed by atoms with E-state index in [4.69, 9.17) is 28.4 Å². The van der Waals surface area contributed by atoms with Crippen molar-refractivity contribution in [2.24, 2.45) is 17.3 Å². The highest BCUT2D eigenvalue weighted by atomic mass is 16.6. The molecule has 0 unspecified atom stereocenters. The molecule has 2 aliphatic heterocycles. The van der Waals surface area contributed by atoms with Crippen LogP contribution in [0.3, 0.4) is 0 Å². The van der Waals surface area contributed by atoms with E-state index in [9.17, 15) is 39.3 Å². The molecular weight excluding hydrogens is 560 g/mol. The van der Waals surface area contributed by atoms with Crippen molar-refractivity contribution in [1.29, 1.82) is 0 Å². The number of carbonyl (C=O) groups is 5. The van der Waals surface area contributed by atoms with Crippen molar-refractivity contribution in [3.05, 3.63) is 23.8 Å². The van der Waals surface area contributed by atoms with Gasteiger partial charge in [-0.3, -0.25) is 24.0 Å². The summed E-state index contributed by atoms with van der Waals surface area (Å²) in [7, 11) is 0. The molecule has 0 amide bonds. The molecular formula is C28H36O14. The van der Waals surface area contributed by atoms with Gasteiger partial charge in [0.2, 0.25) is 0 Å². The summed E-state index contributed by atoms with van der Waals surface area (Å²) >= 11 is 0. The Balaban J connectivity index is 2.05. The molecule has 11 atom stereocenters. The molecule has 14 nitrogen and oxygen atoms in total. The molecule has 1 saturated carbocycles. The second-order valence-electron chi connectivity index (χ2n) is 11.5. The highest BCUT2D eigenvalue weighted by Gasteiger charge is 2.79. The van der Waals surface area contributed by atoms with Crippen LogP contribution in [0, 0.1) is 17.3 Å². The molecule has 0 aromatic heterocycles. The maximum absolute atomic E-state index is 13.0. The zero-order valence-corrected chi connectivity index (χ0v) is 24.1. The number of fused-ring (bicyclic) bond motifs is 3. The van der Waals surface area contributed by atoms with Crippen LogP contribution in [0.4, 0.5) is 0 Å². The minimum atomic E-state index is -2.34. The predicted molar refractivity (Wildman–Crippen MR) is 137 cm³/mol. The van der Waals surface area contributed by atoms with Crippen molar-refractivity contribution < 1.29 is 67.7 Å². The van der Waals surface area contributed by atoms with E-state index in [0.717, 1.165) is 20.8 Å². The third-order valence-electron chi connectivity index (χ3n) is 8.73. The number of epoxide rings is 1. The van der Waals surface area contributed by atoms with E-state index in [1.165, 1.54) is 39.0 Å². The van der Waals surface area contributed by atoms with Crippen molar-refractivity contribution in [2.75, 3.05) is 13.2 Å². The molecule has 2 aliphatic carbocycles. The first-order valence-electron chi connectivity index (χ1n) is 13.5. The van der Waals surface area contributed by atoms with Crippen molar-refractivity contribution in [1.82, 2.24) is 0 Å². The maximum Gasteiger partial charge on any atom is 0.312 e. The summed E-state index contributed by atoms with van der Waals surface area (Å²) in [6, 6.07) is 0. The van der Waals surface area contributed by atoms with Gasteiger partial charge in [-0.1, -0.05) is 13.0 Å². The first kappa shape index (κ1) is 31.6. The second kappa shape index (κ2) is 11.1. The first-order valence-corrected chi connectivity index (χ1v) is 13.5. The van der Waals surface area contributed by atoms with Gasteiger partial charge < -0.3 is 43.7 Å². The van der Waals surface area contributed by atoms with Gasteiger partial charge in [0.15, 0.2) is 17.8 Å². The van der Waals surface area contributed by atoms with Gasteiger partial charge in [-0.2, -0.15) is 0 Å². The molecule has 4 rings (SSSR count). The number of carbonyl (C=O) groups excluding carboxylic acids is 5. The van der Waals surface area contributed by atoms with Gasteiger partial charge in [-0.15, -0.1) is 0 Å². The fourth-order valence-electron chi connectivity index (χ4n) is 6.62. The molecule has 3 N–H and O–H groups in total. The highest BCUT2D eigenvalue weighted by molar-refractivity contribution is 5.78. The summed E-state index contributed by atoms with van der Waals surface area (Å²) in [4.78, 5) is 61.6. The van der Waals surface area contributed by atoms with Crippen LogP contribution in [0.15, 0.2) is 23.8 Å². The Kier molecular flexibility index (Phi) is 8.32. The number of hydrogen-bond acceptors (Lipinski definition) is 14. The van der Waals surface area contributed by atoms with E-state index < -0.39 is 94.9 Å². The normalized spacial score (nSPS) is 44.3. The largest absolute Gasteiger partial charge is 0.461 e. The van der Waals surface area contributed by atoms with Crippen LogP contribution in [0.1, 0.15) is 41.5 Å². The summed E-state index contributed by atoms with van der Waals surface area (Å²) in [5, 5.41) is 35.8. The number of rotatable bonds is 5. The molecule has 0 bridgehead atoms. The van der Waals surface area contributed by atoms with Gasteiger partial charge in [0.05, 0.1) is 12.5 Å². The molecule has 4 aliphatic rings.